The minimum atomic E-state index is 0.644. The highest BCUT2D eigenvalue weighted by Gasteiger charge is 2.24. The first kappa shape index (κ1) is 7.53. The molecule has 3 nitrogen and oxygen atoms in total. The number of rotatable bonds is 2. The van der Waals surface area contributed by atoms with Gasteiger partial charge in [0.15, 0.2) is 0 Å². The topological polar surface area (TPSA) is 37.8 Å². The van der Waals surface area contributed by atoms with Gasteiger partial charge in [-0.3, -0.25) is 0 Å². The third kappa shape index (κ3) is 1.55. The summed E-state index contributed by atoms with van der Waals surface area (Å²) in [6.07, 6.45) is 7.73. The maximum absolute atomic E-state index is 3.94. The van der Waals surface area contributed by atoms with Crippen LogP contribution >= 0.6 is 0 Å². The first-order valence-corrected chi connectivity index (χ1v) is 4.36. The van der Waals surface area contributed by atoms with Crippen molar-refractivity contribution in [1.82, 2.24) is 9.97 Å². The zero-order valence-electron chi connectivity index (χ0n) is 7.20. The summed E-state index contributed by atoms with van der Waals surface area (Å²) >= 11 is 0. The van der Waals surface area contributed by atoms with Crippen molar-refractivity contribution < 1.29 is 0 Å². The van der Waals surface area contributed by atoms with E-state index in [0.29, 0.717) is 6.04 Å². The van der Waals surface area contributed by atoms with Crippen LogP contribution in [0.2, 0.25) is 0 Å². The van der Waals surface area contributed by atoms with Gasteiger partial charge in [-0.25, -0.2) is 9.97 Å². The van der Waals surface area contributed by atoms with Crippen LogP contribution in [0.15, 0.2) is 18.7 Å². The van der Waals surface area contributed by atoms with E-state index in [2.05, 4.69) is 22.2 Å². The Balaban J connectivity index is 1.88. The molecule has 0 radical (unpaired) electrons. The number of hydrogen-bond acceptors (Lipinski definition) is 3. The predicted octanol–water partition coefficient (Wildman–Crippen LogP) is 1.69. The van der Waals surface area contributed by atoms with Crippen molar-refractivity contribution in [3.05, 3.63) is 18.7 Å². The van der Waals surface area contributed by atoms with Crippen LogP contribution in [0.3, 0.4) is 0 Å². The lowest BCUT2D eigenvalue weighted by Gasteiger charge is -2.33. The van der Waals surface area contributed by atoms with Crippen molar-refractivity contribution >= 4 is 5.69 Å². The first-order chi connectivity index (χ1) is 5.84. The number of nitrogens with zero attached hydrogens (tertiary/aromatic N) is 2. The maximum Gasteiger partial charge on any atom is 0.115 e. The molecule has 1 N–H and O–H groups in total. The molecule has 64 valence electrons. The molecule has 0 aliphatic heterocycles. The van der Waals surface area contributed by atoms with Crippen molar-refractivity contribution in [1.29, 1.82) is 0 Å². The van der Waals surface area contributed by atoms with E-state index in [4.69, 9.17) is 0 Å². The summed E-state index contributed by atoms with van der Waals surface area (Å²) < 4.78 is 0. The molecule has 0 atom stereocenters. The van der Waals surface area contributed by atoms with Gasteiger partial charge in [0.25, 0.3) is 0 Å². The Morgan fingerprint density at radius 3 is 2.58 bits per heavy atom. The van der Waals surface area contributed by atoms with Crippen LogP contribution in [0.1, 0.15) is 19.8 Å². The Hall–Kier alpha value is -1.12. The molecule has 1 aromatic rings. The smallest absolute Gasteiger partial charge is 0.115 e. The lowest BCUT2D eigenvalue weighted by atomic mass is 9.82. The molecule has 0 spiro atoms. The van der Waals surface area contributed by atoms with Crippen LogP contribution in [0, 0.1) is 5.92 Å². The van der Waals surface area contributed by atoms with Gasteiger partial charge in [-0.05, 0) is 18.8 Å². The van der Waals surface area contributed by atoms with Gasteiger partial charge in [0.2, 0.25) is 0 Å². The second kappa shape index (κ2) is 3.09. The fraction of sp³-hybridized carbons (Fsp3) is 0.556. The molecule has 0 aromatic carbocycles. The Labute approximate surface area is 72.2 Å². The maximum atomic E-state index is 3.94. The SMILES string of the molecule is CC1CC(Nc2cncnc2)C1. The monoisotopic (exact) mass is 163 g/mol. The van der Waals surface area contributed by atoms with Gasteiger partial charge in [0, 0.05) is 6.04 Å². The van der Waals surface area contributed by atoms with Crippen LogP contribution in [0.25, 0.3) is 0 Å². The van der Waals surface area contributed by atoms with Gasteiger partial charge < -0.3 is 5.32 Å². The van der Waals surface area contributed by atoms with E-state index in [1.54, 1.807) is 6.33 Å². The zero-order chi connectivity index (χ0) is 8.39. The fourth-order valence-electron chi connectivity index (χ4n) is 1.63. The molecule has 1 heterocycles. The van der Waals surface area contributed by atoms with Crippen LogP contribution < -0.4 is 5.32 Å². The molecule has 1 aliphatic rings. The summed E-state index contributed by atoms with van der Waals surface area (Å²) in [5.41, 5.74) is 1.04. The number of hydrogen-bond donors (Lipinski definition) is 1. The van der Waals surface area contributed by atoms with Crippen molar-refractivity contribution in [2.24, 2.45) is 5.92 Å². The van der Waals surface area contributed by atoms with Gasteiger partial charge in [-0.2, -0.15) is 0 Å². The third-order valence-corrected chi connectivity index (χ3v) is 2.31. The minimum Gasteiger partial charge on any atom is -0.380 e. The van der Waals surface area contributed by atoms with Gasteiger partial charge in [0.05, 0.1) is 18.1 Å². The van der Waals surface area contributed by atoms with Crippen molar-refractivity contribution in [2.45, 2.75) is 25.8 Å². The van der Waals surface area contributed by atoms with E-state index in [-0.39, 0.29) is 0 Å². The van der Waals surface area contributed by atoms with Crippen molar-refractivity contribution in [3.63, 3.8) is 0 Å². The zero-order valence-corrected chi connectivity index (χ0v) is 7.20. The molecule has 0 amide bonds. The normalized spacial score (nSPS) is 27.8. The second-order valence-corrected chi connectivity index (χ2v) is 3.54. The van der Waals surface area contributed by atoms with E-state index < -0.39 is 0 Å². The summed E-state index contributed by atoms with van der Waals surface area (Å²) in [6.45, 7) is 2.28. The molecule has 0 saturated heterocycles. The summed E-state index contributed by atoms with van der Waals surface area (Å²) in [6, 6.07) is 0.644. The van der Waals surface area contributed by atoms with Gasteiger partial charge in [-0.1, -0.05) is 6.92 Å². The van der Waals surface area contributed by atoms with Gasteiger partial charge >= 0.3 is 0 Å². The largest absolute Gasteiger partial charge is 0.380 e. The predicted molar refractivity (Wildman–Crippen MR) is 47.8 cm³/mol. The van der Waals surface area contributed by atoms with E-state index in [1.807, 2.05) is 12.4 Å². The first-order valence-electron chi connectivity index (χ1n) is 4.36. The standard InChI is InChI=1S/C9H13N3/c1-7-2-8(3-7)12-9-4-10-6-11-5-9/h4-8,12H,2-3H2,1H3. The quantitative estimate of drug-likeness (QED) is 0.721. The van der Waals surface area contributed by atoms with Crippen molar-refractivity contribution in [3.8, 4) is 0 Å². The number of anilines is 1. The summed E-state index contributed by atoms with van der Waals surface area (Å²) in [5, 5.41) is 3.38. The summed E-state index contributed by atoms with van der Waals surface area (Å²) in [4.78, 5) is 7.88. The van der Waals surface area contributed by atoms with Gasteiger partial charge in [0.1, 0.15) is 6.33 Å². The molecule has 1 aromatic heterocycles. The Bertz CT molecular complexity index is 241. The third-order valence-electron chi connectivity index (χ3n) is 2.31. The average Bonchev–Trinajstić information content (AvgIpc) is 2.04. The van der Waals surface area contributed by atoms with Crippen LogP contribution in [0.4, 0.5) is 5.69 Å². The summed E-state index contributed by atoms with van der Waals surface area (Å²) in [5.74, 6) is 0.882. The van der Waals surface area contributed by atoms with Crippen LogP contribution in [-0.2, 0) is 0 Å². The fourth-order valence-corrected chi connectivity index (χ4v) is 1.63. The Morgan fingerprint density at radius 2 is 2.00 bits per heavy atom. The van der Waals surface area contributed by atoms with E-state index in [1.165, 1.54) is 12.8 Å². The molecule has 2 rings (SSSR count). The molecule has 1 fully saturated rings. The second-order valence-electron chi connectivity index (χ2n) is 3.54. The minimum absolute atomic E-state index is 0.644. The van der Waals surface area contributed by atoms with Crippen LogP contribution in [0.5, 0.6) is 0 Å². The molecule has 1 aliphatic carbocycles. The molecule has 3 heteroatoms. The Kier molecular flexibility index (Phi) is 1.94. The van der Waals surface area contributed by atoms with E-state index in [0.717, 1.165) is 11.6 Å². The molecule has 1 saturated carbocycles. The highest BCUT2D eigenvalue weighted by atomic mass is 15.0. The molecule has 0 bridgehead atoms. The number of aromatic nitrogens is 2. The van der Waals surface area contributed by atoms with Crippen molar-refractivity contribution in [2.75, 3.05) is 5.32 Å². The lowest BCUT2D eigenvalue weighted by molar-refractivity contribution is 0.309. The van der Waals surface area contributed by atoms with Gasteiger partial charge in [-0.15, -0.1) is 0 Å². The Morgan fingerprint density at radius 1 is 1.33 bits per heavy atom. The molecular formula is C9H13N3. The lowest BCUT2D eigenvalue weighted by Crippen LogP contribution is -2.33. The van der Waals surface area contributed by atoms with E-state index in [9.17, 15) is 0 Å². The highest BCUT2D eigenvalue weighted by Crippen LogP contribution is 2.28. The highest BCUT2D eigenvalue weighted by molar-refractivity contribution is 5.38. The number of nitrogens with one attached hydrogen (secondary N) is 1. The summed E-state index contributed by atoms with van der Waals surface area (Å²) in [7, 11) is 0. The van der Waals surface area contributed by atoms with Crippen LogP contribution in [-0.4, -0.2) is 16.0 Å². The molecule has 0 unspecified atom stereocenters. The molecular weight excluding hydrogens is 150 g/mol. The molecule has 12 heavy (non-hydrogen) atoms. The van der Waals surface area contributed by atoms with E-state index >= 15 is 0 Å². The average molecular weight is 163 g/mol.